The Labute approximate surface area is 197 Å². The zero-order valence-electron chi connectivity index (χ0n) is 19.2. The van der Waals surface area contributed by atoms with E-state index in [4.69, 9.17) is 11.6 Å². The molecule has 1 saturated heterocycles. The highest BCUT2D eigenvalue weighted by molar-refractivity contribution is 7.92. The number of anilines is 2. The maximum atomic E-state index is 15.1. The summed E-state index contributed by atoms with van der Waals surface area (Å²) in [6.45, 7) is 10.3. The summed E-state index contributed by atoms with van der Waals surface area (Å²) in [5.74, 6) is -4.07. The number of hydrogen-bond acceptors (Lipinski definition) is 5. The van der Waals surface area contributed by atoms with Crippen LogP contribution in [0.3, 0.4) is 0 Å². The predicted octanol–water partition coefficient (Wildman–Crippen LogP) is 4.90. The monoisotopic (exact) mass is 504 g/mol. The summed E-state index contributed by atoms with van der Waals surface area (Å²) in [7, 11) is -2.74. The molecule has 0 radical (unpaired) electrons. The molecule has 6 nitrogen and oxygen atoms in total. The largest absolute Gasteiger partial charge is 0.368 e. The van der Waals surface area contributed by atoms with Crippen molar-refractivity contribution in [3.8, 4) is 0 Å². The van der Waals surface area contributed by atoms with Crippen molar-refractivity contribution in [2.24, 2.45) is 5.41 Å². The first kappa shape index (κ1) is 25.6. The lowest BCUT2D eigenvalue weighted by Gasteiger charge is -2.39. The average molecular weight is 505 g/mol. The molecule has 1 fully saturated rings. The van der Waals surface area contributed by atoms with Crippen molar-refractivity contribution in [1.29, 1.82) is 0 Å². The lowest BCUT2D eigenvalue weighted by Crippen LogP contribution is -2.49. The number of pyridine rings is 1. The van der Waals surface area contributed by atoms with Gasteiger partial charge < -0.3 is 4.90 Å². The Balaban J connectivity index is 1.90. The molecule has 1 atom stereocenters. The Morgan fingerprint density at radius 1 is 1.27 bits per heavy atom. The number of sulfonamides is 1. The van der Waals surface area contributed by atoms with Gasteiger partial charge in [0.15, 0.2) is 10.7 Å². The van der Waals surface area contributed by atoms with E-state index in [1.165, 1.54) is 6.07 Å². The molecule has 11 heteroatoms. The highest BCUT2D eigenvalue weighted by Gasteiger charge is 2.40. The second kappa shape index (κ2) is 8.96. The Bertz CT molecular complexity index is 1160. The number of rotatable bonds is 6. The smallest absolute Gasteiger partial charge is 0.268 e. The van der Waals surface area contributed by atoms with Gasteiger partial charge in [0.25, 0.3) is 10.0 Å². The molecule has 1 N–H and O–H groups in total. The van der Waals surface area contributed by atoms with Crippen LogP contribution in [0.15, 0.2) is 29.2 Å². The summed E-state index contributed by atoms with van der Waals surface area (Å²) in [4.78, 5) is 6.09. The van der Waals surface area contributed by atoms with E-state index in [0.29, 0.717) is 13.1 Å². The van der Waals surface area contributed by atoms with Crippen LogP contribution < -0.4 is 9.62 Å². The minimum Gasteiger partial charge on any atom is -0.368 e. The highest BCUT2D eigenvalue weighted by Crippen LogP contribution is 2.39. The fraction of sp³-hybridized carbons (Fsp3) is 0.500. The Hall–Kier alpha value is -2.04. The molecule has 2 aromatic rings. The van der Waals surface area contributed by atoms with Crippen molar-refractivity contribution in [2.45, 2.75) is 44.6 Å². The number of likely N-dealkylation sites (N-methyl/N-ethyl adjacent to an activating group) is 1. The molecule has 0 saturated carbocycles. The topological polar surface area (TPSA) is 65.5 Å². The molecule has 182 valence electrons. The van der Waals surface area contributed by atoms with Crippen molar-refractivity contribution < 1.29 is 21.6 Å². The number of halogens is 4. The molecular weight excluding hydrogens is 477 g/mol. The number of hydrogen-bond donors (Lipinski definition) is 1. The molecular formula is C22H28ClF3N4O2S. The Morgan fingerprint density at radius 2 is 1.94 bits per heavy atom. The third-order valence-electron chi connectivity index (χ3n) is 5.75. The second-order valence-electron chi connectivity index (χ2n) is 9.87. The van der Waals surface area contributed by atoms with Gasteiger partial charge in [-0.15, -0.1) is 0 Å². The summed E-state index contributed by atoms with van der Waals surface area (Å²) in [6, 6.07) is 4.30. The lowest BCUT2D eigenvalue weighted by atomic mass is 9.91. The van der Waals surface area contributed by atoms with E-state index in [-0.39, 0.29) is 16.6 Å². The van der Waals surface area contributed by atoms with Crippen molar-refractivity contribution in [1.82, 2.24) is 9.88 Å². The first-order chi connectivity index (χ1) is 15.1. The zero-order chi connectivity index (χ0) is 24.8. The minimum atomic E-state index is -4.75. The van der Waals surface area contributed by atoms with Gasteiger partial charge in [-0.3, -0.25) is 9.62 Å². The SMILES string of the molecule is CN(CC(C)(C)C)[C@]1(C)CCN(c2cc(F)c(S(=O)(=O)Nc3cccc(F)n3)c(F)c2Cl)C1. The molecule has 0 bridgehead atoms. The molecule has 0 aliphatic carbocycles. The number of nitrogens with zero attached hydrogens (tertiary/aromatic N) is 3. The van der Waals surface area contributed by atoms with Crippen LogP contribution in [0, 0.1) is 23.0 Å². The van der Waals surface area contributed by atoms with Gasteiger partial charge in [-0.25, -0.2) is 22.2 Å². The minimum absolute atomic E-state index is 0.0700. The summed E-state index contributed by atoms with van der Waals surface area (Å²) in [5.41, 5.74) is -0.0955. The Morgan fingerprint density at radius 3 is 2.55 bits per heavy atom. The van der Waals surface area contributed by atoms with E-state index in [0.717, 1.165) is 31.2 Å². The molecule has 33 heavy (non-hydrogen) atoms. The van der Waals surface area contributed by atoms with E-state index in [9.17, 15) is 17.2 Å². The van der Waals surface area contributed by atoms with Crippen LogP contribution in [-0.4, -0.2) is 50.5 Å². The van der Waals surface area contributed by atoms with Crippen LogP contribution in [-0.2, 0) is 10.0 Å². The van der Waals surface area contributed by atoms with Crippen molar-refractivity contribution in [3.63, 3.8) is 0 Å². The number of nitrogens with one attached hydrogen (secondary N) is 1. The van der Waals surface area contributed by atoms with E-state index in [1.54, 1.807) is 4.90 Å². The van der Waals surface area contributed by atoms with Crippen LogP contribution in [0.4, 0.5) is 24.7 Å². The Kier molecular flexibility index (Phi) is 6.94. The first-order valence-corrected chi connectivity index (χ1v) is 12.3. The normalized spacial score (nSPS) is 19.4. The summed E-state index contributed by atoms with van der Waals surface area (Å²) in [6.07, 6.45) is 0.742. The third kappa shape index (κ3) is 5.55. The fourth-order valence-electron chi connectivity index (χ4n) is 4.06. The molecule has 0 amide bonds. The van der Waals surface area contributed by atoms with Gasteiger partial charge in [-0.2, -0.15) is 4.39 Å². The van der Waals surface area contributed by atoms with Gasteiger partial charge in [-0.1, -0.05) is 38.4 Å². The van der Waals surface area contributed by atoms with Gasteiger partial charge in [0.2, 0.25) is 5.95 Å². The van der Waals surface area contributed by atoms with E-state index >= 15 is 4.39 Å². The molecule has 0 spiro atoms. The fourth-order valence-corrected chi connectivity index (χ4v) is 5.53. The van der Waals surface area contributed by atoms with Crippen molar-refractivity contribution in [2.75, 3.05) is 36.3 Å². The zero-order valence-corrected chi connectivity index (χ0v) is 20.8. The first-order valence-electron chi connectivity index (χ1n) is 10.4. The van der Waals surface area contributed by atoms with E-state index in [1.807, 2.05) is 11.8 Å². The molecule has 3 rings (SSSR count). The maximum Gasteiger partial charge on any atom is 0.268 e. The predicted molar refractivity (Wildman–Crippen MR) is 124 cm³/mol. The van der Waals surface area contributed by atoms with Crippen molar-refractivity contribution >= 4 is 33.1 Å². The molecule has 1 aromatic heterocycles. The van der Waals surface area contributed by atoms with Gasteiger partial charge >= 0.3 is 0 Å². The van der Waals surface area contributed by atoms with Gasteiger partial charge in [0.1, 0.15) is 16.7 Å². The summed E-state index contributed by atoms with van der Waals surface area (Å²) in [5, 5.41) is -0.494. The third-order valence-corrected chi connectivity index (χ3v) is 7.49. The highest BCUT2D eigenvalue weighted by atomic mass is 35.5. The standard InChI is InChI=1S/C22H28ClF3N4O2S/c1-21(2,3)12-29(5)22(4)9-10-30(13-22)15-11-14(24)20(19(26)18(15)23)33(31,32)28-17-8-6-7-16(25)27-17/h6-8,11H,9-10,12-13H2,1-5H3,(H,27,28)/t22-/m1/s1. The van der Waals surface area contributed by atoms with Crippen LogP contribution in [0.2, 0.25) is 5.02 Å². The number of aromatic nitrogens is 1. The van der Waals surface area contributed by atoms with Gasteiger partial charge in [0.05, 0.1) is 5.69 Å². The maximum absolute atomic E-state index is 15.1. The molecule has 2 heterocycles. The summed E-state index contributed by atoms with van der Waals surface area (Å²) >= 11 is 6.20. The van der Waals surface area contributed by atoms with Crippen LogP contribution in [0.1, 0.15) is 34.1 Å². The molecule has 1 aliphatic heterocycles. The van der Waals surface area contributed by atoms with Gasteiger partial charge in [0, 0.05) is 31.2 Å². The van der Waals surface area contributed by atoms with Gasteiger partial charge in [-0.05, 0) is 37.9 Å². The van der Waals surface area contributed by atoms with E-state index in [2.05, 4.69) is 37.6 Å². The van der Waals surface area contributed by atoms with Crippen LogP contribution in [0.5, 0.6) is 0 Å². The van der Waals surface area contributed by atoms with Crippen molar-refractivity contribution in [3.05, 3.63) is 46.9 Å². The lowest BCUT2D eigenvalue weighted by molar-refractivity contribution is 0.111. The second-order valence-corrected chi connectivity index (χ2v) is 11.9. The molecule has 1 aromatic carbocycles. The quantitative estimate of drug-likeness (QED) is 0.448. The molecule has 0 unspecified atom stereocenters. The molecule has 1 aliphatic rings. The van der Waals surface area contributed by atoms with Crippen LogP contribution >= 0.6 is 11.6 Å². The number of benzene rings is 1. The summed E-state index contributed by atoms with van der Waals surface area (Å²) < 4.78 is 70.5. The van der Waals surface area contributed by atoms with E-state index < -0.39 is 43.3 Å². The average Bonchev–Trinajstić information content (AvgIpc) is 3.06. The van der Waals surface area contributed by atoms with Crippen LogP contribution in [0.25, 0.3) is 0 Å².